The number of carbonyl (C=O) groups excluding carboxylic acids is 1. The Balaban J connectivity index is 1.33. The Labute approximate surface area is 188 Å². The number of benzene rings is 1. The van der Waals surface area contributed by atoms with Crippen LogP contribution in [0.2, 0.25) is 0 Å². The van der Waals surface area contributed by atoms with E-state index in [1.54, 1.807) is 6.07 Å². The van der Waals surface area contributed by atoms with Crippen molar-refractivity contribution in [2.75, 3.05) is 19.7 Å². The van der Waals surface area contributed by atoms with Crippen LogP contribution in [0.1, 0.15) is 18.4 Å². The van der Waals surface area contributed by atoms with Crippen molar-refractivity contribution in [1.29, 1.82) is 0 Å². The average molecular weight is 458 g/mol. The molecule has 3 unspecified atom stereocenters. The van der Waals surface area contributed by atoms with Gasteiger partial charge in [-0.2, -0.15) is 4.31 Å². The van der Waals surface area contributed by atoms with Crippen LogP contribution in [0.25, 0.3) is 0 Å². The van der Waals surface area contributed by atoms with E-state index >= 15 is 0 Å². The Morgan fingerprint density at radius 2 is 2.09 bits per heavy atom. The molecule has 2 aromatic rings. The van der Waals surface area contributed by atoms with Crippen LogP contribution < -0.4 is 10.1 Å². The van der Waals surface area contributed by atoms with Crippen molar-refractivity contribution in [2.45, 2.75) is 36.5 Å². The Morgan fingerprint density at radius 3 is 2.81 bits per heavy atom. The van der Waals surface area contributed by atoms with Gasteiger partial charge in [0.2, 0.25) is 21.8 Å². The first kappa shape index (κ1) is 22.4. The minimum atomic E-state index is -3.69. The SMILES string of the molecule is C=CC(=O)NC1CC2CCN(S(=O)(=O)c3ccc(OCCc4ccccc4)nc3)CC2O1. The van der Waals surface area contributed by atoms with Gasteiger partial charge in [-0.25, -0.2) is 13.4 Å². The first-order valence-corrected chi connectivity index (χ1v) is 12.1. The van der Waals surface area contributed by atoms with E-state index in [2.05, 4.69) is 16.9 Å². The van der Waals surface area contributed by atoms with E-state index in [-0.39, 0.29) is 29.4 Å². The zero-order valence-electron chi connectivity index (χ0n) is 17.7. The molecule has 3 atom stereocenters. The highest BCUT2D eigenvalue weighted by Gasteiger charge is 2.42. The average Bonchev–Trinajstić information content (AvgIpc) is 3.21. The third-order valence-corrected chi connectivity index (χ3v) is 7.68. The number of aromatic nitrogens is 1. The quantitative estimate of drug-likeness (QED) is 0.610. The molecule has 8 nitrogen and oxygen atoms in total. The van der Waals surface area contributed by atoms with Crippen molar-refractivity contribution in [3.05, 3.63) is 66.9 Å². The van der Waals surface area contributed by atoms with Crippen molar-refractivity contribution in [3.63, 3.8) is 0 Å². The molecule has 2 aliphatic rings. The van der Waals surface area contributed by atoms with E-state index in [9.17, 15) is 13.2 Å². The Morgan fingerprint density at radius 1 is 1.28 bits per heavy atom. The molecular formula is C23H27N3O5S. The number of hydrogen-bond donors (Lipinski definition) is 1. The third-order valence-electron chi connectivity index (χ3n) is 5.83. The molecule has 0 bridgehead atoms. The summed E-state index contributed by atoms with van der Waals surface area (Å²) >= 11 is 0. The summed E-state index contributed by atoms with van der Waals surface area (Å²) < 4.78 is 39.2. The number of amides is 1. The van der Waals surface area contributed by atoms with Crippen LogP contribution in [-0.4, -0.2) is 55.6 Å². The van der Waals surface area contributed by atoms with E-state index < -0.39 is 16.3 Å². The number of pyridine rings is 1. The van der Waals surface area contributed by atoms with Crippen molar-refractivity contribution in [1.82, 2.24) is 14.6 Å². The van der Waals surface area contributed by atoms with Crippen LogP contribution in [0.5, 0.6) is 5.88 Å². The molecule has 0 saturated carbocycles. The fourth-order valence-corrected chi connectivity index (χ4v) is 5.52. The smallest absolute Gasteiger partial charge is 0.245 e. The molecule has 0 aliphatic carbocycles. The second-order valence-electron chi connectivity index (χ2n) is 7.94. The minimum Gasteiger partial charge on any atom is -0.477 e. The molecule has 0 radical (unpaired) electrons. The molecule has 32 heavy (non-hydrogen) atoms. The third kappa shape index (κ3) is 5.17. The van der Waals surface area contributed by atoms with E-state index in [0.29, 0.717) is 31.9 Å². The standard InChI is InChI=1S/C23H27N3O5S/c1-2-21(27)25-23-14-18-10-12-26(16-20(18)31-23)32(28,29)19-8-9-22(24-15-19)30-13-11-17-6-4-3-5-7-17/h2-9,15,18,20,23H,1,10-14,16H2,(H,25,27). The largest absolute Gasteiger partial charge is 0.477 e. The van der Waals surface area contributed by atoms with Gasteiger partial charge in [-0.15, -0.1) is 0 Å². The zero-order chi connectivity index (χ0) is 22.6. The van der Waals surface area contributed by atoms with Crippen LogP contribution in [0.4, 0.5) is 0 Å². The van der Waals surface area contributed by atoms with Crippen LogP contribution >= 0.6 is 0 Å². The van der Waals surface area contributed by atoms with Gasteiger partial charge in [0.25, 0.3) is 0 Å². The monoisotopic (exact) mass is 457 g/mol. The predicted octanol–water partition coefficient (Wildman–Crippen LogP) is 2.13. The summed E-state index contributed by atoms with van der Waals surface area (Å²) in [6.45, 7) is 4.56. The summed E-state index contributed by atoms with van der Waals surface area (Å²) in [5.41, 5.74) is 1.16. The highest BCUT2D eigenvalue weighted by Crippen LogP contribution is 2.34. The molecule has 1 amide bonds. The Bertz CT molecular complexity index is 1040. The number of hydrogen-bond acceptors (Lipinski definition) is 6. The van der Waals surface area contributed by atoms with Crippen molar-refractivity contribution < 1.29 is 22.7 Å². The fourth-order valence-electron chi connectivity index (χ4n) is 4.10. The summed E-state index contributed by atoms with van der Waals surface area (Å²) in [7, 11) is -3.69. The highest BCUT2D eigenvalue weighted by molar-refractivity contribution is 7.89. The summed E-state index contributed by atoms with van der Waals surface area (Å²) in [6, 6.07) is 13.1. The van der Waals surface area contributed by atoms with Crippen LogP contribution in [0.15, 0.2) is 66.2 Å². The second-order valence-corrected chi connectivity index (χ2v) is 9.88. The molecular weight excluding hydrogens is 430 g/mol. The van der Waals surface area contributed by atoms with E-state index in [1.807, 2.05) is 30.3 Å². The molecule has 2 saturated heterocycles. The lowest BCUT2D eigenvalue weighted by atomic mass is 9.94. The van der Waals surface area contributed by atoms with Gasteiger partial charge < -0.3 is 14.8 Å². The molecule has 1 N–H and O–H groups in total. The second kappa shape index (κ2) is 9.81. The van der Waals surface area contributed by atoms with Crippen LogP contribution in [-0.2, 0) is 26.0 Å². The van der Waals surface area contributed by atoms with E-state index in [0.717, 1.165) is 12.0 Å². The molecule has 9 heteroatoms. The number of sulfonamides is 1. The normalized spacial score (nSPS) is 23.3. The van der Waals surface area contributed by atoms with Gasteiger partial charge >= 0.3 is 0 Å². The number of fused-ring (bicyclic) bond motifs is 1. The Kier molecular flexibility index (Phi) is 6.88. The van der Waals surface area contributed by atoms with Gasteiger partial charge in [0, 0.05) is 25.6 Å². The highest BCUT2D eigenvalue weighted by atomic mass is 32.2. The van der Waals surface area contributed by atoms with Gasteiger partial charge in [-0.1, -0.05) is 36.9 Å². The maximum absolute atomic E-state index is 13.1. The first-order valence-electron chi connectivity index (χ1n) is 10.7. The summed E-state index contributed by atoms with van der Waals surface area (Å²) in [5.74, 6) is 0.309. The van der Waals surface area contributed by atoms with Crippen LogP contribution in [0.3, 0.4) is 0 Å². The summed E-state index contributed by atoms with van der Waals surface area (Å²) in [6.07, 6.45) is 3.97. The number of piperidine rings is 1. The maximum atomic E-state index is 13.1. The van der Waals surface area contributed by atoms with E-state index in [1.165, 1.54) is 22.6 Å². The number of nitrogens with zero attached hydrogens (tertiary/aromatic N) is 2. The van der Waals surface area contributed by atoms with Crippen molar-refractivity contribution in [2.24, 2.45) is 5.92 Å². The predicted molar refractivity (Wildman–Crippen MR) is 118 cm³/mol. The summed E-state index contributed by atoms with van der Waals surface area (Å²) in [4.78, 5) is 15.8. The zero-order valence-corrected chi connectivity index (χ0v) is 18.5. The van der Waals surface area contributed by atoms with Gasteiger partial charge in [0.1, 0.15) is 11.1 Å². The van der Waals surface area contributed by atoms with Gasteiger partial charge in [0.15, 0.2) is 0 Å². The fraction of sp³-hybridized carbons (Fsp3) is 0.391. The maximum Gasteiger partial charge on any atom is 0.245 e. The molecule has 2 fully saturated rings. The lowest BCUT2D eigenvalue weighted by Crippen LogP contribution is -2.45. The molecule has 1 aromatic carbocycles. The lowest BCUT2D eigenvalue weighted by molar-refractivity contribution is -0.120. The molecule has 1 aromatic heterocycles. The molecule has 3 heterocycles. The molecule has 4 rings (SSSR count). The number of ether oxygens (including phenoxy) is 2. The number of rotatable bonds is 8. The van der Waals surface area contributed by atoms with Gasteiger partial charge in [0.05, 0.1) is 18.9 Å². The Hall–Kier alpha value is -2.75. The van der Waals surface area contributed by atoms with Gasteiger partial charge in [-0.05, 0) is 36.5 Å². The topological polar surface area (TPSA) is 97.8 Å². The molecule has 170 valence electrons. The minimum absolute atomic E-state index is 0.126. The van der Waals surface area contributed by atoms with Gasteiger partial charge in [-0.3, -0.25) is 4.79 Å². The lowest BCUT2D eigenvalue weighted by Gasteiger charge is -2.33. The number of carbonyl (C=O) groups is 1. The van der Waals surface area contributed by atoms with Crippen molar-refractivity contribution >= 4 is 15.9 Å². The van der Waals surface area contributed by atoms with Crippen molar-refractivity contribution in [3.8, 4) is 5.88 Å². The molecule has 2 aliphatic heterocycles. The van der Waals surface area contributed by atoms with Crippen LogP contribution in [0, 0.1) is 5.92 Å². The molecule has 0 spiro atoms. The van der Waals surface area contributed by atoms with E-state index in [4.69, 9.17) is 9.47 Å². The number of nitrogens with one attached hydrogen (secondary N) is 1. The first-order chi connectivity index (χ1) is 15.5. The summed E-state index contributed by atoms with van der Waals surface area (Å²) in [5, 5.41) is 2.73.